The van der Waals surface area contributed by atoms with Gasteiger partial charge in [0.2, 0.25) is 0 Å². The summed E-state index contributed by atoms with van der Waals surface area (Å²) in [5.74, 6) is 2.10. The third-order valence-corrected chi connectivity index (χ3v) is 11.1. The van der Waals surface area contributed by atoms with E-state index in [0.717, 1.165) is 66.1 Å². The summed E-state index contributed by atoms with van der Waals surface area (Å²) in [6, 6.07) is 43.7. The van der Waals surface area contributed by atoms with Gasteiger partial charge in [-0.2, -0.15) is 0 Å². The van der Waals surface area contributed by atoms with Crippen molar-refractivity contribution in [2.24, 2.45) is 5.92 Å². The van der Waals surface area contributed by atoms with Crippen LogP contribution in [0.2, 0.25) is 0 Å². The van der Waals surface area contributed by atoms with Crippen molar-refractivity contribution in [2.75, 3.05) is 0 Å². The van der Waals surface area contributed by atoms with Gasteiger partial charge in [-0.1, -0.05) is 134 Å². The van der Waals surface area contributed by atoms with Gasteiger partial charge in [0.05, 0.1) is 0 Å². The van der Waals surface area contributed by atoms with Crippen LogP contribution in [0.15, 0.2) is 167 Å². The summed E-state index contributed by atoms with van der Waals surface area (Å²) < 4.78 is 12.8. The van der Waals surface area contributed by atoms with E-state index in [9.17, 15) is 0 Å². The van der Waals surface area contributed by atoms with Crippen molar-refractivity contribution in [3.05, 3.63) is 169 Å². The zero-order chi connectivity index (χ0) is 35.1. The molecule has 11 rings (SSSR count). The molecule has 0 fully saturated rings. The molecule has 5 nitrogen and oxygen atoms in total. The first-order valence-corrected chi connectivity index (χ1v) is 18.0. The first kappa shape index (κ1) is 29.8. The van der Waals surface area contributed by atoms with E-state index in [-0.39, 0.29) is 5.41 Å². The van der Waals surface area contributed by atoms with E-state index in [1.54, 1.807) is 0 Å². The maximum atomic E-state index is 6.50. The lowest BCUT2D eigenvalue weighted by molar-refractivity contribution is 0.493. The van der Waals surface area contributed by atoms with Gasteiger partial charge in [0.1, 0.15) is 22.3 Å². The Bertz CT molecular complexity index is 3040. The molecule has 3 aromatic heterocycles. The molecule has 0 radical (unpaired) electrons. The lowest BCUT2D eigenvalue weighted by Gasteiger charge is -2.38. The molecular weight excluding hydrogens is 651 g/mol. The average molecular weight is 682 g/mol. The highest BCUT2D eigenvalue weighted by atomic mass is 16.3. The molecule has 250 valence electrons. The van der Waals surface area contributed by atoms with Gasteiger partial charge in [-0.15, -0.1) is 0 Å². The van der Waals surface area contributed by atoms with E-state index in [4.69, 9.17) is 23.8 Å². The number of hydrogen-bond acceptors (Lipinski definition) is 5. The molecular formula is C48H31N3O2. The number of fused-ring (bicyclic) bond motifs is 9. The molecule has 0 saturated carbocycles. The first-order valence-electron chi connectivity index (χ1n) is 18.0. The van der Waals surface area contributed by atoms with E-state index in [0.29, 0.717) is 23.4 Å². The Morgan fingerprint density at radius 3 is 1.94 bits per heavy atom. The standard InChI is InChI=1S/C48H31N3O2/c1-48-26-8-7-13-33(48)24-22-29-20-21-32(28-38(29)48)31-23-25-40-37(27-31)44-36(16-10-19-42(44)53-40)47-50-45(30-11-3-2-4-12-30)49-46(51-47)35-15-9-18-41-43(35)34-14-5-6-17-39(34)52-41/h2-28,33H,1H3. The Kier molecular flexibility index (Phi) is 6.38. The normalized spacial score (nSPS) is 17.6. The van der Waals surface area contributed by atoms with Crippen molar-refractivity contribution in [3.63, 3.8) is 0 Å². The van der Waals surface area contributed by atoms with Crippen molar-refractivity contribution in [2.45, 2.75) is 12.3 Å². The van der Waals surface area contributed by atoms with Gasteiger partial charge in [-0.05, 0) is 58.7 Å². The smallest absolute Gasteiger partial charge is 0.164 e. The topological polar surface area (TPSA) is 65.0 Å². The van der Waals surface area contributed by atoms with Crippen LogP contribution in [-0.2, 0) is 5.41 Å². The van der Waals surface area contributed by atoms with Crippen LogP contribution < -0.4 is 0 Å². The molecule has 0 N–H and O–H groups in total. The summed E-state index contributed by atoms with van der Waals surface area (Å²) >= 11 is 0. The maximum absolute atomic E-state index is 6.50. The third kappa shape index (κ3) is 4.60. The summed E-state index contributed by atoms with van der Waals surface area (Å²) in [4.78, 5) is 15.4. The molecule has 2 atom stereocenters. The quantitative estimate of drug-likeness (QED) is 0.185. The van der Waals surface area contributed by atoms with Crippen molar-refractivity contribution >= 4 is 50.0 Å². The van der Waals surface area contributed by atoms with Crippen molar-refractivity contribution < 1.29 is 8.83 Å². The molecule has 6 aromatic carbocycles. The molecule has 0 bridgehead atoms. The maximum Gasteiger partial charge on any atom is 0.164 e. The van der Waals surface area contributed by atoms with Crippen LogP contribution in [0.3, 0.4) is 0 Å². The molecule has 0 spiro atoms. The molecule has 2 unspecified atom stereocenters. The fourth-order valence-electron chi connectivity index (χ4n) is 8.33. The number of aromatic nitrogens is 3. The molecule has 0 saturated heterocycles. The average Bonchev–Trinajstić information content (AvgIpc) is 3.79. The van der Waals surface area contributed by atoms with Crippen LogP contribution in [-0.4, -0.2) is 15.0 Å². The SMILES string of the molecule is CC12C=CC=CC1C=Cc1ccc(-c3ccc4oc5cccc(-c6nc(-c7ccccc7)nc(-c7cccc8oc9ccccc9c78)n6)c5c4c3)cc12. The summed E-state index contributed by atoms with van der Waals surface area (Å²) in [6.07, 6.45) is 13.5. The zero-order valence-electron chi connectivity index (χ0n) is 28.8. The summed E-state index contributed by atoms with van der Waals surface area (Å²) in [5.41, 5.74) is 10.7. The largest absolute Gasteiger partial charge is 0.456 e. The molecule has 2 aliphatic rings. The van der Waals surface area contributed by atoms with Gasteiger partial charge in [0.15, 0.2) is 17.5 Å². The highest BCUT2D eigenvalue weighted by Crippen LogP contribution is 2.45. The second kappa shape index (κ2) is 11.3. The van der Waals surface area contributed by atoms with Gasteiger partial charge in [0.25, 0.3) is 0 Å². The Labute approximate surface area is 305 Å². The predicted molar refractivity (Wildman–Crippen MR) is 214 cm³/mol. The highest BCUT2D eigenvalue weighted by Gasteiger charge is 2.36. The summed E-state index contributed by atoms with van der Waals surface area (Å²) in [6.45, 7) is 2.34. The van der Waals surface area contributed by atoms with Gasteiger partial charge in [-0.25, -0.2) is 15.0 Å². The third-order valence-electron chi connectivity index (χ3n) is 11.1. The number of rotatable bonds is 4. The number of hydrogen-bond donors (Lipinski definition) is 0. The molecule has 5 heteroatoms. The minimum atomic E-state index is -0.0889. The molecule has 9 aromatic rings. The number of furan rings is 2. The van der Waals surface area contributed by atoms with Crippen molar-refractivity contribution in [1.82, 2.24) is 15.0 Å². The van der Waals surface area contributed by atoms with E-state index >= 15 is 0 Å². The van der Waals surface area contributed by atoms with Gasteiger partial charge in [-0.3, -0.25) is 0 Å². The fourth-order valence-corrected chi connectivity index (χ4v) is 8.33. The number of para-hydroxylation sites is 1. The van der Waals surface area contributed by atoms with Crippen LogP contribution in [0, 0.1) is 5.92 Å². The monoisotopic (exact) mass is 681 g/mol. The Morgan fingerprint density at radius 2 is 1.15 bits per heavy atom. The minimum absolute atomic E-state index is 0.0889. The lowest BCUT2D eigenvalue weighted by atomic mass is 9.65. The van der Waals surface area contributed by atoms with Crippen LogP contribution >= 0.6 is 0 Å². The highest BCUT2D eigenvalue weighted by molar-refractivity contribution is 6.14. The van der Waals surface area contributed by atoms with E-state index in [2.05, 4.69) is 98.0 Å². The van der Waals surface area contributed by atoms with Crippen LogP contribution in [0.5, 0.6) is 0 Å². The van der Waals surface area contributed by atoms with Crippen molar-refractivity contribution in [3.8, 4) is 45.3 Å². The predicted octanol–water partition coefficient (Wildman–Crippen LogP) is 12.4. The molecule has 53 heavy (non-hydrogen) atoms. The van der Waals surface area contributed by atoms with E-state index in [1.807, 2.05) is 72.8 Å². The minimum Gasteiger partial charge on any atom is -0.456 e. The van der Waals surface area contributed by atoms with Crippen LogP contribution in [0.4, 0.5) is 0 Å². The van der Waals surface area contributed by atoms with Crippen LogP contribution in [0.25, 0.3) is 95.2 Å². The second-order valence-electron chi connectivity index (χ2n) is 14.2. The van der Waals surface area contributed by atoms with Gasteiger partial charge in [0, 0.05) is 49.6 Å². The molecule has 0 aliphatic heterocycles. The van der Waals surface area contributed by atoms with Crippen molar-refractivity contribution in [1.29, 1.82) is 0 Å². The molecule has 2 aliphatic carbocycles. The Hall–Kier alpha value is -6.85. The number of nitrogens with zero attached hydrogens (tertiary/aromatic N) is 3. The Balaban J connectivity index is 1.12. The number of benzene rings is 6. The second-order valence-corrected chi connectivity index (χ2v) is 14.2. The fraction of sp³-hybridized carbons (Fsp3) is 0.0625. The van der Waals surface area contributed by atoms with Crippen LogP contribution in [0.1, 0.15) is 18.1 Å². The zero-order valence-corrected chi connectivity index (χ0v) is 28.8. The molecule has 3 heterocycles. The Morgan fingerprint density at radius 1 is 0.509 bits per heavy atom. The van der Waals surface area contributed by atoms with Gasteiger partial charge >= 0.3 is 0 Å². The number of allylic oxidation sites excluding steroid dienone is 5. The lowest BCUT2D eigenvalue weighted by Crippen LogP contribution is -2.31. The summed E-state index contributed by atoms with van der Waals surface area (Å²) in [5, 5.41) is 3.99. The summed E-state index contributed by atoms with van der Waals surface area (Å²) in [7, 11) is 0. The molecule has 0 amide bonds. The first-order chi connectivity index (χ1) is 26.1. The van der Waals surface area contributed by atoms with E-state index in [1.165, 1.54) is 16.7 Å². The van der Waals surface area contributed by atoms with Gasteiger partial charge < -0.3 is 8.83 Å². The van der Waals surface area contributed by atoms with E-state index < -0.39 is 0 Å².